The summed E-state index contributed by atoms with van der Waals surface area (Å²) in [4.78, 5) is 27.3. The number of benzene rings is 2. The Bertz CT molecular complexity index is 984. The van der Waals surface area contributed by atoms with Crippen LogP contribution in [0, 0.1) is 6.92 Å². The van der Waals surface area contributed by atoms with Crippen LogP contribution < -0.4 is 4.74 Å². The molecular formula is C23H24BrNO5. The van der Waals surface area contributed by atoms with Crippen molar-refractivity contribution in [2.24, 2.45) is 0 Å². The maximum absolute atomic E-state index is 13.0. The second kappa shape index (κ2) is 9.45. The molecule has 6 nitrogen and oxygen atoms in total. The van der Waals surface area contributed by atoms with Crippen LogP contribution in [0.2, 0.25) is 0 Å². The average Bonchev–Trinajstić information content (AvgIpc) is 2.99. The number of nitrogens with zero attached hydrogens (tertiary/aromatic N) is 1. The lowest BCUT2D eigenvalue weighted by Crippen LogP contribution is -2.31. The molecule has 30 heavy (non-hydrogen) atoms. The molecule has 1 fully saturated rings. The van der Waals surface area contributed by atoms with Gasteiger partial charge in [0.1, 0.15) is 11.5 Å². The Morgan fingerprint density at radius 1 is 1.13 bits per heavy atom. The first-order valence-electron chi connectivity index (χ1n) is 9.56. The van der Waals surface area contributed by atoms with Crippen molar-refractivity contribution in [1.29, 1.82) is 0 Å². The lowest BCUT2D eigenvalue weighted by molar-refractivity contribution is -0.140. The van der Waals surface area contributed by atoms with Gasteiger partial charge in [-0.1, -0.05) is 28.1 Å². The van der Waals surface area contributed by atoms with Gasteiger partial charge in [0, 0.05) is 30.3 Å². The average molecular weight is 474 g/mol. The summed E-state index contributed by atoms with van der Waals surface area (Å²) in [6.45, 7) is 2.63. The van der Waals surface area contributed by atoms with Crippen molar-refractivity contribution in [1.82, 2.24) is 4.90 Å². The van der Waals surface area contributed by atoms with Crippen LogP contribution in [0.1, 0.15) is 29.2 Å². The minimum Gasteiger partial charge on any atom is -0.507 e. The number of carbonyl (C=O) groups excluding carboxylic acids is 2. The smallest absolute Gasteiger partial charge is 0.295 e. The van der Waals surface area contributed by atoms with Crippen LogP contribution in [0.5, 0.6) is 5.75 Å². The summed E-state index contributed by atoms with van der Waals surface area (Å²) >= 11 is 3.41. The third-order valence-corrected chi connectivity index (χ3v) is 5.69. The van der Waals surface area contributed by atoms with Gasteiger partial charge < -0.3 is 19.5 Å². The maximum Gasteiger partial charge on any atom is 0.295 e. The Morgan fingerprint density at radius 2 is 1.83 bits per heavy atom. The fourth-order valence-electron chi connectivity index (χ4n) is 3.66. The zero-order valence-electron chi connectivity index (χ0n) is 17.1. The molecule has 0 saturated carbocycles. The highest BCUT2D eigenvalue weighted by Crippen LogP contribution is 2.40. The summed E-state index contributed by atoms with van der Waals surface area (Å²) in [5.41, 5.74) is 2.08. The van der Waals surface area contributed by atoms with Crippen LogP contribution in [-0.4, -0.2) is 49.1 Å². The number of likely N-dealkylation sites (tertiary alicyclic amines) is 1. The third-order valence-electron chi connectivity index (χ3n) is 5.16. The first-order chi connectivity index (χ1) is 14.4. The number of hydrogen-bond acceptors (Lipinski definition) is 5. The molecule has 0 aliphatic carbocycles. The van der Waals surface area contributed by atoms with Gasteiger partial charge in [0.2, 0.25) is 0 Å². The summed E-state index contributed by atoms with van der Waals surface area (Å²) in [5.74, 6) is -0.844. The van der Waals surface area contributed by atoms with E-state index in [-0.39, 0.29) is 11.3 Å². The fourth-order valence-corrected chi connectivity index (χ4v) is 3.92. The number of rotatable bonds is 7. The van der Waals surface area contributed by atoms with E-state index in [0.717, 1.165) is 15.6 Å². The quantitative estimate of drug-likeness (QED) is 0.282. The van der Waals surface area contributed by atoms with E-state index in [1.54, 1.807) is 32.4 Å². The molecule has 158 valence electrons. The number of methoxy groups -OCH3 is 2. The number of Topliss-reactive ketones (excluding diaryl/α,β-unsaturated/α-hetero) is 1. The molecule has 1 aliphatic rings. The normalized spacial score (nSPS) is 18.1. The molecule has 2 aromatic carbocycles. The Labute approximate surface area is 184 Å². The SMILES string of the molecule is COCCCN1C(=O)C(=O)/C(=C(/O)c2ccc(OC)cc2C)C1c1ccc(Br)cc1. The van der Waals surface area contributed by atoms with Gasteiger partial charge in [-0.15, -0.1) is 0 Å². The van der Waals surface area contributed by atoms with Gasteiger partial charge in [-0.3, -0.25) is 9.59 Å². The standard InChI is InChI=1S/C23H24BrNO5/c1-14-13-17(30-3)9-10-18(14)21(26)19-20(15-5-7-16(24)8-6-15)25(11-4-12-29-2)23(28)22(19)27/h5-10,13,20,26H,4,11-12H2,1-3H3/b21-19+. The molecule has 0 radical (unpaired) electrons. The van der Waals surface area contributed by atoms with E-state index in [0.29, 0.717) is 30.9 Å². The molecule has 1 amide bonds. The minimum absolute atomic E-state index is 0.0907. The Morgan fingerprint density at radius 3 is 2.43 bits per heavy atom. The van der Waals surface area contributed by atoms with Crippen molar-refractivity contribution in [2.75, 3.05) is 27.4 Å². The van der Waals surface area contributed by atoms with Gasteiger partial charge in [-0.05, 0) is 54.8 Å². The van der Waals surface area contributed by atoms with Gasteiger partial charge in [-0.25, -0.2) is 0 Å². The summed E-state index contributed by atoms with van der Waals surface area (Å²) in [6, 6.07) is 11.9. The topological polar surface area (TPSA) is 76.1 Å². The van der Waals surface area contributed by atoms with Crippen LogP contribution in [0.3, 0.4) is 0 Å². The number of amides is 1. The number of aliphatic hydroxyl groups is 1. The van der Waals surface area contributed by atoms with Gasteiger partial charge in [0.05, 0.1) is 18.7 Å². The molecule has 7 heteroatoms. The second-order valence-corrected chi connectivity index (χ2v) is 7.99. The third kappa shape index (κ3) is 4.27. The monoisotopic (exact) mass is 473 g/mol. The van der Waals surface area contributed by atoms with Crippen molar-refractivity contribution in [3.8, 4) is 5.75 Å². The van der Waals surface area contributed by atoms with Gasteiger partial charge in [-0.2, -0.15) is 0 Å². The van der Waals surface area contributed by atoms with Crippen LogP contribution in [0.15, 0.2) is 52.5 Å². The molecule has 2 aromatic rings. The number of ether oxygens (including phenoxy) is 2. The molecule has 1 aliphatic heterocycles. The highest BCUT2D eigenvalue weighted by molar-refractivity contribution is 9.10. The number of hydrogen-bond donors (Lipinski definition) is 1. The molecule has 1 saturated heterocycles. The number of carbonyl (C=O) groups is 2. The number of aryl methyl sites for hydroxylation is 1. The summed E-state index contributed by atoms with van der Waals surface area (Å²) in [7, 11) is 3.15. The highest BCUT2D eigenvalue weighted by atomic mass is 79.9. The lowest BCUT2D eigenvalue weighted by atomic mass is 9.94. The minimum atomic E-state index is -0.687. The molecule has 1 N–H and O–H groups in total. The van der Waals surface area contributed by atoms with Crippen LogP contribution >= 0.6 is 15.9 Å². The van der Waals surface area contributed by atoms with Crippen LogP contribution in [-0.2, 0) is 14.3 Å². The van der Waals surface area contributed by atoms with Crippen molar-refractivity contribution in [3.05, 3.63) is 69.2 Å². The summed E-state index contributed by atoms with van der Waals surface area (Å²) in [5, 5.41) is 11.1. The fraction of sp³-hybridized carbons (Fsp3) is 0.304. The van der Waals surface area contributed by atoms with E-state index in [2.05, 4.69) is 15.9 Å². The first-order valence-corrected chi connectivity index (χ1v) is 10.4. The van der Waals surface area contributed by atoms with E-state index >= 15 is 0 Å². The molecule has 3 rings (SSSR count). The van der Waals surface area contributed by atoms with Crippen molar-refractivity contribution in [3.63, 3.8) is 0 Å². The van der Waals surface area contributed by atoms with Crippen LogP contribution in [0.4, 0.5) is 0 Å². The zero-order valence-corrected chi connectivity index (χ0v) is 18.7. The lowest BCUT2D eigenvalue weighted by Gasteiger charge is -2.25. The number of aliphatic hydroxyl groups excluding tert-OH is 1. The maximum atomic E-state index is 13.0. The predicted octanol–water partition coefficient (Wildman–Crippen LogP) is 4.22. The Kier molecular flexibility index (Phi) is 6.95. The second-order valence-electron chi connectivity index (χ2n) is 7.07. The molecule has 0 spiro atoms. The molecule has 0 bridgehead atoms. The van der Waals surface area contributed by atoms with E-state index in [1.165, 1.54) is 4.90 Å². The van der Waals surface area contributed by atoms with Gasteiger partial charge >= 0.3 is 0 Å². The van der Waals surface area contributed by atoms with Gasteiger partial charge in [0.15, 0.2) is 0 Å². The largest absolute Gasteiger partial charge is 0.507 e. The number of halogens is 1. The summed E-state index contributed by atoms with van der Waals surface area (Å²) < 4.78 is 11.2. The Balaban J connectivity index is 2.13. The van der Waals surface area contributed by atoms with Crippen molar-refractivity contribution < 1.29 is 24.2 Å². The highest BCUT2D eigenvalue weighted by Gasteiger charge is 2.45. The molecule has 0 aromatic heterocycles. The van der Waals surface area contributed by atoms with Crippen molar-refractivity contribution >= 4 is 33.4 Å². The van der Waals surface area contributed by atoms with Gasteiger partial charge in [0.25, 0.3) is 11.7 Å². The zero-order chi connectivity index (χ0) is 21.8. The predicted molar refractivity (Wildman–Crippen MR) is 117 cm³/mol. The molecule has 1 atom stereocenters. The van der Waals surface area contributed by atoms with E-state index in [4.69, 9.17) is 9.47 Å². The van der Waals surface area contributed by atoms with E-state index in [9.17, 15) is 14.7 Å². The molecule has 1 heterocycles. The molecular weight excluding hydrogens is 450 g/mol. The Hall–Kier alpha value is -2.64. The summed E-state index contributed by atoms with van der Waals surface area (Å²) in [6.07, 6.45) is 0.582. The van der Waals surface area contributed by atoms with E-state index < -0.39 is 17.7 Å². The number of ketones is 1. The molecule has 1 unspecified atom stereocenters. The van der Waals surface area contributed by atoms with Crippen molar-refractivity contribution in [2.45, 2.75) is 19.4 Å². The van der Waals surface area contributed by atoms with Crippen LogP contribution in [0.25, 0.3) is 5.76 Å². The first kappa shape index (κ1) is 22.1. The van der Waals surface area contributed by atoms with E-state index in [1.807, 2.05) is 31.2 Å².